The van der Waals surface area contributed by atoms with E-state index in [0.717, 1.165) is 23.2 Å². The van der Waals surface area contributed by atoms with Crippen LogP contribution in [0.15, 0.2) is 24.3 Å². The Labute approximate surface area is 113 Å². The molecule has 0 unspecified atom stereocenters. The lowest BCUT2D eigenvalue weighted by Gasteiger charge is -2.19. The van der Waals surface area contributed by atoms with Crippen LogP contribution in [0.5, 0.6) is 5.75 Å². The van der Waals surface area contributed by atoms with E-state index in [4.69, 9.17) is 4.74 Å². The minimum atomic E-state index is 0.352. The first-order chi connectivity index (χ1) is 9.04. The highest BCUT2D eigenvalue weighted by atomic mass is 16.5. The second-order valence-corrected chi connectivity index (χ2v) is 4.83. The van der Waals surface area contributed by atoms with E-state index in [9.17, 15) is 0 Å². The monoisotopic (exact) mass is 260 g/mol. The van der Waals surface area contributed by atoms with Crippen molar-refractivity contribution in [3.8, 4) is 5.75 Å². The molecule has 0 radical (unpaired) electrons. The molecule has 1 heterocycles. The minimum absolute atomic E-state index is 0.352. The topological polar surface area (TPSA) is 43.2 Å². The van der Waals surface area contributed by atoms with Crippen LogP contribution in [-0.2, 0) is 7.05 Å². The van der Waals surface area contributed by atoms with Crippen molar-refractivity contribution in [3.63, 3.8) is 0 Å². The Hall–Kier alpha value is -2.04. The number of benzene rings is 1. The van der Waals surface area contributed by atoms with Crippen molar-refractivity contribution in [1.82, 2.24) is 14.8 Å². The van der Waals surface area contributed by atoms with Gasteiger partial charge in [-0.2, -0.15) is 0 Å². The Morgan fingerprint density at radius 3 is 2.58 bits per heavy atom. The van der Waals surface area contributed by atoms with Gasteiger partial charge in [0.05, 0.1) is 7.11 Å². The van der Waals surface area contributed by atoms with E-state index >= 15 is 0 Å². The number of hydrogen-bond donors (Lipinski definition) is 0. The van der Waals surface area contributed by atoms with Crippen LogP contribution in [-0.4, -0.2) is 28.9 Å². The smallest absolute Gasteiger partial charge is 0.231 e. The van der Waals surface area contributed by atoms with Crippen LogP contribution in [0.3, 0.4) is 0 Å². The van der Waals surface area contributed by atoms with E-state index in [0.29, 0.717) is 5.92 Å². The van der Waals surface area contributed by atoms with Gasteiger partial charge < -0.3 is 9.64 Å². The van der Waals surface area contributed by atoms with Crippen LogP contribution < -0.4 is 9.64 Å². The van der Waals surface area contributed by atoms with Gasteiger partial charge in [-0.3, -0.25) is 4.57 Å². The number of hydrogen-bond acceptors (Lipinski definition) is 4. The molecule has 0 aliphatic rings. The van der Waals surface area contributed by atoms with Crippen LogP contribution in [0.4, 0.5) is 11.6 Å². The van der Waals surface area contributed by atoms with Gasteiger partial charge >= 0.3 is 0 Å². The molecule has 0 bridgehead atoms. The summed E-state index contributed by atoms with van der Waals surface area (Å²) in [5.41, 5.74) is 1.02. The summed E-state index contributed by atoms with van der Waals surface area (Å²) in [5.74, 6) is 2.97. The zero-order valence-corrected chi connectivity index (χ0v) is 12.1. The Bertz CT molecular complexity index is 562. The zero-order valence-electron chi connectivity index (χ0n) is 12.1. The summed E-state index contributed by atoms with van der Waals surface area (Å²) >= 11 is 0. The van der Waals surface area contributed by atoms with Crippen molar-refractivity contribution in [2.45, 2.75) is 19.8 Å². The third-order valence-electron chi connectivity index (χ3n) is 3.14. The lowest BCUT2D eigenvalue weighted by molar-refractivity contribution is 0.415. The standard InChI is InChI=1S/C14H20N4O/c1-10(2)13-15-16-14(18(13)4)17(3)11-7-6-8-12(9-11)19-5/h6-10H,1-5H3. The van der Waals surface area contributed by atoms with Gasteiger partial charge in [-0.25, -0.2) is 0 Å². The number of aromatic nitrogens is 3. The van der Waals surface area contributed by atoms with Crippen molar-refractivity contribution in [1.29, 1.82) is 0 Å². The summed E-state index contributed by atoms with van der Waals surface area (Å²) in [4.78, 5) is 2.00. The predicted molar refractivity (Wildman–Crippen MR) is 76.1 cm³/mol. The molecule has 0 saturated carbocycles. The number of methoxy groups -OCH3 is 1. The molecular weight excluding hydrogens is 240 g/mol. The summed E-state index contributed by atoms with van der Waals surface area (Å²) in [6.07, 6.45) is 0. The maximum Gasteiger partial charge on any atom is 0.231 e. The Morgan fingerprint density at radius 2 is 2.00 bits per heavy atom. The van der Waals surface area contributed by atoms with Gasteiger partial charge in [0.15, 0.2) is 0 Å². The van der Waals surface area contributed by atoms with E-state index in [-0.39, 0.29) is 0 Å². The van der Waals surface area contributed by atoms with Gasteiger partial charge in [0.1, 0.15) is 11.6 Å². The fraction of sp³-hybridized carbons (Fsp3) is 0.429. The molecule has 0 saturated heterocycles. The second kappa shape index (κ2) is 5.30. The van der Waals surface area contributed by atoms with Crippen LogP contribution >= 0.6 is 0 Å². The molecule has 102 valence electrons. The fourth-order valence-corrected chi connectivity index (χ4v) is 2.06. The number of rotatable bonds is 4. The molecule has 1 aromatic carbocycles. The molecule has 1 aromatic heterocycles. The van der Waals surface area contributed by atoms with Crippen molar-refractivity contribution >= 4 is 11.6 Å². The normalized spacial score (nSPS) is 10.8. The quantitative estimate of drug-likeness (QED) is 0.847. The lowest BCUT2D eigenvalue weighted by atomic mass is 10.2. The average molecular weight is 260 g/mol. The maximum atomic E-state index is 5.25. The SMILES string of the molecule is COc1cccc(N(C)c2nnc(C(C)C)n2C)c1. The fourth-order valence-electron chi connectivity index (χ4n) is 2.06. The van der Waals surface area contributed by atoms with Gasteiger partial charge in [0.2, 0.25) is 5.95 Å². The summed E-state index contributed by atoms with van der Waals surface area (Å²) in [6.45, 7) is 4.22. The second-order valence-electron chi connectivity index (χ2n) is 4.83. The highest BCUT2D eigenvalue weighted by Crippen LogP contribution is 2.26. The molecule has 0 N–H and O–H groups in total. The van der Waals surface area contributed by atoms with E-state index in [1.807, 2.05) is 47.8 Å². The Morgan fingerprint density at radius 1 is 1.26 bits per heavy atom. The summed E-state index contributed by atoms with van der Waals surface area (Å²) in [5, 5.41) is 8.51. The van der Waals surface area contributed by atoms with Gasteiger partial charge in [0.25, 0.3) is 0 Å². The van der Waals surface area contributed by atoms with Gasteiger partial charge in [-0.15, -0.1) is 10.2 Å². The van der Waals surface area contributed by atoms with Crippen molar-refractivity contribution in [3.05, 3.63) is 30.1 Å². The van der Waals surface area contributed by atoms with Gasteiger partial charge in [0, 0.05) is 31.8 Å². The number of nitrogens with zero attached hydrogens (tertiary/aromatic N) is 4. The summed E-state index contributed by atoms with van der Waals surface area (Å²) < 4.78 is 7.26. The van der Waals surface area contributed by atoms with Crippen LogP contribution in [0.2, 0.25) is 0 Å². The molecule has 0 spiro atoms. The zero-order chi connectivity index (χ0) is 14.0. The van der Waals surface area contributed by atoms with E-state index in [1.165, 1.54) is 0 Å². The van der Waals surface area contributed by atoms with Crippen LogP contribution in [0.25, 0.3) is 0 Å². The molecule has 0 fully saturated rings. The molecule has 0 aliphatic heterocycles. The Balaban J connectivity index is 2.35. The molecule has 5 heteroatoms. The first-order valence-corrected chi connectivity index (χ1v) is 6.31. The van der Waals surface area contributed by atoms with E-state index in [1.54, 1.807) is 7.11 Å². The maximum absolute atomic E-state index is 5.25. The first kappa shape index (κ1) is 13.4. The number of anilines is 2. The number of ether oxygens (including phenoxy) is 1. The molecule has 5 nitrogen and oxygen atoms in total. The molecule has 0 atom stereocenters. The van der Waals surface area contributed by atoms with E-state index < -0.39 is 0 Å². The molecule has 2 aromatic rings. The summed E-state index contributed by atoms with van der Waals surface area (Å²) in [7, 11) is 5.63. The first-order valence-electron chi connectivity index (χ1n) is 6.31. The molecule has 0 amide bonds. The predicted octanol–water partition coefficient (Wildman–Crippen LogP) is 2.72. The molecular formula is C14H20N4O. The van der Waals surface area contributed by atoms with Crippen LogP contribution in [0.1, 0.15) is 25.6 Å². The largest absolute Gasteiger partial charge is 0.497 e. The van der Waals surface area contributed by atoms with E-state index in [2.05, 4.69) is 24.0 Å². The van der Waals surface area contributed by atoms with Gasteiger partial charge in [-0.05, 0) is 12.1 Å². The van der Waals surface area contributed by atoms with Gasteiger partial charge in [-0.1, -0.05) is 19.9 Å². The third kappa shape index (κ3) is 2.54. The van der Waals surface area contributed by atoms with Crippen molar-refractivity contribution in [2.75, 3.05) is 19.1 Å². The average Bonchev–Trinajstić information content (AvgIpc) is 2.80. The van der Waals surface area contributed by atoms with Crippen LogP contribution in [0, 0.1) is 0 Å². The molecule has 19 heavy (non-hydrogen) atoms. The third-order valence-corrected chi connectivity index (χ3v) is 3.14. The van der Waals surface area contributed by atoms with Crippen molar-refractivity contribution < 1.29 is 4.74 Å². The molecule has 2 rings (SSSR count). The summed E-state index contributed by atoms with van der Waals surface area (Å²) in [6, 6.07) is 7.88. The minimum Gasteiger partial charge on any atom is -0.497 e. The van der Waals surface area contributed by atoms with Crippen molar-refractivity contribution in [2.24, 2.45) is 7.05 Å². The Kier molecular flexibility index (Phi) is 3.74. The molecule has 0 aliphatic carbocycles. The highest BCUT2D eigenvalue weighted by Gasteiger charge is 2.16. The lowest BCUT2D eigenvalue weighted by Crippen LogP contribution is -2.15. The highest BCUT2D eigenvalue weighted by molar-refractivity contribution is 5.58.